The smallest absolute Gasteiger partial charge is 0.263 e. The Bertz CT molecular complexity index is 499. The number of nitrogens with zero attached hydrogens (tertiary/aromatic N) is 2. The molecule has 0 N–H and O–H groups in total. The summed E-state index contributed by atoms with van der Waals surface area (Å²) in [4.78, 5) is 16.7. The summed E-state index contributed by atoms with van der Waals surface area (Å²) < 4.78 is 5.80. The van der Waals surface area contributed by atoms with Crippen LogP contribution in [-0.2, 0) is 4.79 Å². The predicted octanol–water partition coefficient (Wildman–Crippen LogP) is 2.58. The van der Waals surface area contributed by atoms with Crippen molar-refractivity contribution in [1.29, 1.82) is 0 Å². The number of amides is 1. The summed E-state index contributed by atoms with van der Waals surface area (Å²) in [6.45, 7) is 10.4. The van der Waals surface area contributed by atoms with Crippen LogP contribution in [0.5, 0.6) is 5.75 Å². The average molecular weight is 311 g/mol. The molecule has 0 aliphatic carbocycles. The minimum Gasteiger partial charge on any atom is -0.481 e. The first-order valence-electron chi connectivity index (χ1n) is 7.45. The number of carbonyl (C=O) groups is 1. The third-order valence-electron chi connectivity index (χ3n) is 3.92. The molecule has 1 aliphatic rings. The summed E-state index contributed by atoms with van der Waals surface area (Å²) >= 11 is 5.93. The van der Waals surface area contributed by atoms with E-state index in [1.54, 1.807) is 6.07 Å². The Balaban J connectivity index is 1.93. The number of hydrogen-bond donors (Lipinski definition) is 0. The van der Waals surface area contributed by atoms with E-state index in [0.29, 0.717) is 10.8 Å². The molecular formula is C16H23ClN2O2. The molecule has 1 aromatic carbocycles. The van der Waals surface area contributed by atoms with Crippen molar-refractivity contribution in [3.8, 4) is 5.75 Å². The molecule has 1 unspecified atom stereocenters. The van der Waals surface area contributed by atoms with Gasteiger partial charge in [-0.15, -0.1) is 0 Å². The van der Waals surface area contributed by atoms with Gasteiger partial charge in [-0.3, -0.25) is 4.79 Å². The molecule has 1 atom stereocenters. The van der Waals surface area contributed by atoms with Gasteiger partial charge in [0.2, 0.25) is 0 Å². The minimum absolute atomic E-state index is 0.0557. The van der Waals surface area contributed by atoms with E-state index in [4.69, 9.17) is 16.3 Å². The lowest BCUT2D eigenvalue weighted by Crippen LogP contribution is -2.51. The van der Waals surface area contributed by atoms with Gasteiger partial charge in [0.25, 0.3) is 5.91 Å². The highest BCUT2D eigenvalue weighted by molar-refractivity contribution is 6.30. The van der Waals surface area contributed by atoms with Crippen molar-refractivity contribution in [2.24, 2.45) is 0 Å². The molecule has 1 saturated heterocycles. The van der Waals surface area contributed by atoms with E-state index in [1.807, 2.05) is 30.9 Å². The number of benzene rings is 1. The highest BCUT2D eigenvalue weighted by atomic mass is 35.5. The number of carbonyl (C=O) groups excluding carboxylic acids is 1. The van der Waals surface area contributed by atoms with Crippen molar-refractivity contribution < 1.29 is 9.53 Å². The molecule has 21 heavy (non-hydrogen) atoms. The lowest BCUT2D eigenvalue weighted by Gasteiger charge is -2.35. The number of halogens is 1. The van der Waals surface area contributed by atoms with E-state index in [9.17, 15) is 4.79 Å². The molecule has 1 amide bonds. The van der Waals surface area contributed by atoms with E-state index in [2.05, 4.69) is 11.8 Å². The normalized spacial score (nSPS) is 17.6. The molecule has 0 radical (unpaired) electrons. The Morgan fingerprint density at radius 3 is 2.57 bits per heavy atom. The molecule has 1 aromatic rings. The number of piperazine rings is 1. The van der Waals surface area contributed by atoms with Gasteiger partial charge in [-0.1, -0.05) is 18.5 Å². The van der Waals surface area contributed by atoms with Crippen molar-refractivity contribution >= 4 is 17.5 Å². The second-order valence-corrected chi connectivity index (χ2v) is 5.87. The van der Waals surface area contributed by atoms with E-state index >= 15 is 0 Å². The van der Waals surface area contributed by atoms with Crippen molar-refractivity contribution in [3.05, 3.63) is 28.8 Å². The SMILES string of the molecule is CCN1CCN(C(=O)C(C)Oc2ccc(Cl)cc2C)CC1. The van der Waals surface area contributed by atoms with Crippen LogP contribution in [0.1, 0.15) is 19.4 Å². The Kier molecular flexibility index (Phi) is 5.48. The van der Waals surface area contributed by atoms with Gasteiger partial charge in [0.15, 0.2) is 6.10 Å². The molecule has 4 nitrogen and oxygen atoms in total. The van der Waals surface area contributed by atoms with Crippen LogP contribution in [0.3, 0.4) is 0 Å². The number of hydrogen-bond acceptors (Lipinski definition) is 3. The number of aryl methyl sites for hydroxylation is 1. The van der Waals surface area contributed by atoms with Crippen LogP contribution in [-0.4, -0.2) is 54.5 Å². The van der Waals surface area contributed by atoms with Gasteiger partial charge in [0.1, 0.15) is 5.75 Å². The highest BCUT2D eigenvalue weighted by Crippen LogP contribution is 2.23. The first-order valence-corrected chi connectivity index (χ1v) is 7.83. The Morgan fingerprint density at radius 1 is 1.33 bits per heavy atom. The first-order chi connectivity index (χ1) is 10.0. The maximum Gasteiger partial charge on any atom is 0.263 e. The van der Waals surface area contributed by atoms with E-state index < -0.39 is 6.10 Å². The zero-order chi connectivity index (χ0) is 15.4. The van der Waals surface area contributed by atoms with Gasteiger partial charge in [-0.2, -0.15) is 0 Å². The fourth-order valence-corrected chi connectivity index (χ4v) is 2.75. The molecule has 1 heterocycles. The summed E-state index contributed by atoms with van der Waals surface area (Å²) in [6.07, 6.45) is -0.474. The average Bonchev–Trinajstić information content (AvgIpc) is 2.49. The Morgan fingerprint density at radius 2 is 2.00 bits per heavy atom. The van der Waals surface area contributed by atoms with Gasteiger partial charge in [0.05, 0.1) is 0 Å². The Labute approximate surface area is 131 Å². The molecule has 2 rings (SSSR count). The van der Waals surface area contributed by atoms with E-state index in [1.165, 1.54) is 0 Å². The van der Waals surface area contributed by atoms with Crippen LogP contribution in [0, 0.1) is 6.92 Å². The summed E-state index contributed by atoms with van der Waals surface area (Å²) in [5.74, 6) is 0.771. The highest BCUT2D eigenvalue weighted by Gasteiger charge is 2.25. The van der Waals surface area contributed by atoms with Crippen LogP contribution in [0.4, 0.5) is 0 Å². The van der Waals surface area contributed by atoms with Gasteiger partial charge in [-0.25, -0.2) is 0 Å². The van der Waals surface area contributed by atoms with Crippen LogP contribution in [0.15, 0.2) is 18.2 Å². The van der Waals surface area contributed by atoms with Gasteiger partial charge in [-0.05, 0) is 44.2 Å². The fraction of sp³-hybridized carbons (Fsp3) is 0.562. The third kappa shape index (κ3) is 4.11. The maximum absolute atomic E-state index is 12.4. The molecule has 1 fully saturated rings. The predicted molar refractivity (Wildman–Crippen MR) is 85.0 cm³/mol. The summed E-state index contributed by atoms with van der Waals surface area (Å²) in [5, 5.41) is 0.675. The van der Waals surface area contributed by atoms with E-state index in [0.717, 1.165) is 38.3 Å². The van der Waals surface area contributed by atoms with Crippen molar-refractivity contribution in [3.63, 3.8) is 0 Å². The van der Waals surface area contributed by atoms with Crippen molar-refractivity contribution in [1.82, 2.24) is 9.80 Å². The van der Waals surface area contributed by atoms with Crippen molar-refractivity contribution in [2.75, 3.05) is 32.7 Å². The molecule has 0 saturated carbocycles. The van der Waals surface area contributed by atoms with E-state index in [-0.39, 0.29) is 5.91 Å². The Hall–Kier alpha value is -1.26. The zero-order valence-electron chi connectivity index (χ0n) is 12.9. The topological polar surface area (TPSA) is 32.8 Å². The zero-order valence-corrected chi connectivity index (χ0v) is 13.7. The van der Waals surface area contributed by atoms with Crippen LogP contribution >= 0.6 is 11.6 Å². The maximum atomic E-state index is 12.4. The molecule has 0 aromatic heterocycles. The van der Waals surface area contributed by atoms with Crippen LogP contribution in [0.2, 0.25) is 5.02 Å². The number of ether oxygens (including phenoxy) is 1. The standard InChI is InChI=1S/C16H23ClN2O2/c1-4-18-7-9-19(10-8-18)16(20)13(3)21-15-6-5-14(17)11-12(15)2/h5-6,11,13H,4,7-10H2,1-3H3. The van der Waals surface area contributed by atoms with Gasteiger partial charge in [0, 0.05) is 31.2 Å². The monoisotopic (exact) mass is 310 g/mol. The lowest BCUT2D eigenvalue weighted by atomic mass is 10.2. The van der Waals surface area contributed by atoms with Crippen LogP contribution in [0.25, 0.3) is 0 Å². The largest absolute Gasteiger partial charge is 0.481 e. The molecule has 116 valence electrons. The molecule has 0 spiro atoms. The fourth-order valence-electron chi connectivity index (χ4n) is 2.53. The van der Waals surface area contributed by atoms with Crippen molar-refractivity contribution in [2.45, 2.75) is 26.9 Å². The third-order valence-corrected chi connectivity index (χ3v) is 4.15. The minimum atomic E-state index is -0.474. The summed E-state index contributed by atoms with van der Waals surface area (Å²) in [7, 11) is 0. The summed E-state index contributed by atoms with van der Waals surface area (Å²) in [5.41, 5.74) is 0.943. The van der Waals surface area contributed by atoms with Crippen LogP contribution < -0.4 is 4.74 Å². The second-order valence-electron chi connectivity index (χ2n) is 5.43. The molecular weight excluding hydrogens is 288 g/mol. The number of likely N-dealkylation sites (N-methyl/N-ethyl adjacent to an activating group) is 1. The molecule has 5 heteroatoms. The lowest BCUT2D eigenvalue weighted by molar-refractivity contribution is -0.139. The molecule has 1 aliphatic heterocycles. The summed E-state index contributed by atoms with van der Waals surface area (Å²) in [6, 6.07) is 5.44. The van der Waals surface area contributed by atoms with Gasteiger partial charge >= 0.3 is 0 Å². The number of rotatable bonds is 4. The molecule has 0 bridgehead atoms. The first kappa shape index (κ1) is 16.1. The second kappa shape index (κ2) is 7.14. The quantitative estimate of drug-likeness (QED) is 0.857. The van der Waals surface area contributed by atoms with Gasteiger partial charge < -0.3 is 14.5 Å².